The van der Waals surface area contributed by atoms with Gasteiger partial charge in [-0.3, -0.25) is 29.1 Å². The monoisotopic (exact) mass is 406 g/mol. The highest BCUT2D eigenvalue weighted by atomic mass is 16.2. The van der Waals surface area contributed by atoms with Crippen LogP contribution in [0.4, 0.5) is 0 Å². The van der Waals surface area contributed by atoms with Crippen molar-refractivity contribution in [3.63, 3.8) is 0 Å². The van der Waals surface area contributed by atoms with Gasteiger partial charge in [-0.1, -0.05) is 12.1 Å². The van der Waals surface area contributed by atoms with Crippen molar-refractivity contribution in [2.24, 2.45) is 0 Å². The summed E-state index contributed by atoms with van der Waals surface area (Å²) in [6.07, 6.45) is 4.35. The van der Waals surface area contributed by atoms with Gasteiger partial charge in [-0.15, -0.1) is 0 Å². The fourth-order valence-electron chi connectivity index (χ4n) is 3.95. The van der Waals surface area contributed by atoms with E-state index >= 15 is 0 Å². The number of piperidine rings is 1. The van der Waals surface area contributed by atoms with Crippen LogP contribution in [0.3, 0.4) is 0 Å². The lowest BCUT2D eigenvalue weighted by Crippen LogP contribution is -2.53. The number of likely N-dealkylation sites (tertiary alicyclic amines) is 1. The number of benzene rings is 1. The number of aromatic nitrogens is 1. The van der Waals surface area contributed by atoms with Gasteiger partial charge in [0.05, 0.1) is 11.1 Å². The number of rotatable bonds is 4. The summed E-state index contributed by atoms with van der Waals surface area (Å²) >= 11 is 0. The SMILES string of the molecule is CC(C(=O)N1CCC(NC(=O)c2ccncc2)CC1)N1C(=O)c2ccccc2C1=O. The highest BCUT2D eigenvalue weighted by Crippen LogP contribution is 2.25. The molecular formula is C22H22N4O4. The number of nitrogens with one attached hydrogen (secondary N) is 1. The average Bonchev–Trinajstić information content (AvgIpc) is 3.04. The number of carbonyl (C=O) groups is 4. The molecule has 8 heteroatoms. The van der Waals surface area contributed by atoms with E-state index in [-0.39, 0.29) is 17.9 Å². The summed E-state index contributed by atoms with van der Waals surface area (Å²) in [6.45, 7) is 2.49. The minimum absolute atomic E-state index is 0.0377. The van der Waals surface area contributed by atoms with Gasteiger partial charge < -0.3 is 10.2 Å². The van der Waals surface area contributed by atoms with E-state index in [2.05, 4.69) is 10.3 Å². The lowest BCUT2D eigenvalue weighted by atomic mass is 10.0. The van der Waals surface area contributed by atoms with E-state index in [0.29, 0.717) is 42.6 Å². The average molecular weight is 406 g/mol. The molecule has 1 atom stereocenters. The van der Waals surface area contributed by atoms with Crippen LogP contribution in [0.15, 0.2) is 48.8 Å². The smallest absolute Gasteiger partial charge is 0.262 e. The highest BCUT2D eigenvalue weighted by molar-refractivity contribution is 6.22. The van der Waals surface area contributed by atoms with Gasteiger partial charge in [-0.25, -0.2) is 0 Å². The van der Waals surface area contributed by atoms with Crippen LogP contribution in [0.1, 0.15) is 50.8 Å². The number of fused-ring (bicyclic) bond motifs is 1. The Kier molecular flexibility index (Phi) is 5.31. The molecule has 1 fully saturated rings. The topological polar surface area (TPSA) is 99.7 Å². The number of hydrogen-bond donors (Lipinski definition) is 1. The van der Waals surface area contributed by atoms with Crippen molar-refractivity contribution in [3.8, 4) is 0 Å². The summed E-state index contributed by atoms with van der Waals surface area (Å²) in [5.41, 5.74) is 1.21. The van der Waals surface area contributed by atoms with E-state index in [9.17, 15) is 19.2 Å². The zero-order chi connectivity index (χ0) is 21.3. The van der Waals surface area contributed by atoms with Crippen LogP contribution in [0, 0.1) is 0 Å². The fourth-order valence-corrected chi connectivity index (χ4v) is 3.95. The zero-order valence-electron chi connectivity index (χ0n) is 16.6. The van der Waals surface area contributed by atoms with Gasteiger partial charge in [0.25, 0.3) is 17.7 Å². The second-order valence-electron chi connectivity index (χ2n) is 7.51. The maximum absolute atomic E-state index is 13.0. The van der Waals surface area contributed by atoms with Gasteiger partial charge in [-0.05, 0) is 44.0 Å². The summed E-state index contributed by atoms with van der Waals surface area (Å²) in [5, 5.41) is 2.98. The summed E-state index contributed by atoms with van der Waals surface area (Å²) in [4.78, 5) is 57.1. The number of hydrogen-bond acceptors (Lipinski definition) is 5. The number of pyridine rings is 1. The van der Waals surface area contributed by atoms with Crippen LogP contribution < -0.4 is 5.32 Å². The molecular weight excluding hydrogens is 384 g/mol. The van der Waals surface area contributed by atoms with Crippen LogP contribution in [0.2, 0.25) is 0 Å². The van der Waals surface area contributed by atoms with Crippen molar-refractivity contribution in [2.75, 3.05) is 13.1 Å². The lowest BCUT2D eigenvalue weighted by molar-refractivity contribution is -0.136. The largest absolute Gasteiger partial charge is 0.349 e. The van der Waals surface area contributed by atoms with Crippen molar-refractivity contribution in [1.82, 2.24) is 20.1 Å². The molecule has 0 saturated carbocycles. The molecule has 0 spiro atoms. The van der Waals surface area contributed by atoms with E-state index in [1.165, 1.54) is 0 Å². The second kappa shape index (κ2) is 8.06. The van der Waals surface area contributed by atoms with Crippen LogP contribution >= 0.6 is 0 Å². The summed E-state index contributed by atoms with van der Waals surface area (Å²) in [7, 11) is 0. The van der Waals surface area contributed by atoms with E-state index in [1.807, 2.05) is 0 Å². The molecule has 4 rings (SSSR count). The maximum atomic E-state index is 13.0. The molecule has 1 saturated heterocycles. The Balaban J connectivity index is 1.35. The number of nitrogens with zero attached hydrogens (tertiary/aromatic N) is 3. The molecule has 3 heterocycles. The third kappa shape index (κ3) is 3.56. The van der Waals surface area contributed by atoms with Crippen LogP contribution in [0.5, 0.6) is 0 Å². The molecule has 2 aliphatic rings. The molecule has 1 N–H and O–H groups in total. The van der Waals surface area contributed by atoms with Crippen molar-refractivity contribution in [3.05, 3.63) is 65.5 Å². The van der Waals surface area contributed by atoms with Gasteiger partial charge in [0.2, 0.25) is 5.91 Å². The van der Waals surface area contributed by atoms with Gasteiger partial charge >= 0.3 is 0 Å². The second-order valence-corrected chi connectivity index (χ2v) is 7.51. The Hall–Kier alpha value is -3.55. The minimum atomic E-state index is -0.875. The minimum Gasteiger partial charge on any atom is -0.349 e. The third-order valence-electron chi connectivity index (χ3n) is 5.65. The van der Waals surface area contributed by atoms with Crippen LogP contribution in [-0.4, -0.2) is 63.6 Å². The number of carbonyl (C=O) groups excluding carboxylic acids is 4. The van der Waals surface area contributed by atoms with E-state index < -0.39 is 17.9 Å². The maximum Gasteiger partial charge on any atom is 0.262 e. The van der Waals surface area contributed by atoms with Crippen molar-refractivity contribution >= 4 is 23.6 Å². The molecule has 1 aromatic carbocycles. The highest BCUT2D eigenvalue weighted by Gasteiger charge is 2.42. The molecule has 0 bridgehead atoms. The molecule has 4 amide bonds. The standard InChI is InChI=1S/C22H22N4O4/c1-14(26-21(29)17-4-2-3-5-18(17)22(26)30)20(28)25-12-8-16(9-13-25)24-19(27)15-6-10-23-11-7-15/h2-7,10-11,14,16H,8-9,12-13H2,1H3,(H,24,27). The number of amides is 4. The van der Waals surface area contributed by atoms with Crippen molar-refractivity contribution < 1.29 is 19.2 Å². The first-order valence-electron chi connectivity index (χ1n) is 9.94. The Morgan fingerprint density at radius 2 is 1.57 bits per heavy atom. The third-order valence-corrected chi connectivity index (χ3v) is 5.65. The quantitative estimate of drug-likeness (QED) is 0.776. The Morgan fingerprint density at radius 3 is 2.13 bits per heavy atom. The molecule has 154 valence electrons. The molecule has 2 aliphatic heterocycles. The Bertz CT molecular complexity index is 964. The van der Waals surface area contributed by atoms with Crippen molar-refractivity contribution in [2.45, 2.75) is 31.8 Å². The van der Waals surface area contributed by atoms with Gasteiger partial charge in [0.15, 0.2) is 0 Å². The van der Waals surface area contributed by atoms with Crippen LogP contribution in [-0.2, 0) is 4.79 Å². The fraction of sp³-hybridized carbons (Fsp3) is 0.318. The molecule has 0 aliphatic carbocycles. The van der Waals surface area contributed by atoms with Crippen molar-refractivity contribution in [1.29, 1.82) is 0 Å². The van der Waals surface area contributed by atoms with Gasteiger partial charge in [0, 0.05) is 37.1 Å². The Labute approximate surface area is 173 Å². The molecule has 8 nitrogen and oxygen atoms in total. The molecule has 2 aromatic rings. The van der Waals surface area contributed by atoms with Gasteiger partial charge in [0.1, 0.15) is 6.04 Å². The zero-order valence-corrected chi connectivity index (χ0v) is 16.6. The van der Waals surface area contributed by atoms with Gasteiger partial charge in [-0.2, -0.15) is 0 Å². The Morgan fingerprint density at radius 1 is 1.00 bits per heavy atom. The first-order chi connectivity index (χ1) is 14.5. The number of imide groups is 1. The van der Waals surface area contributed by atoms with E-state index in [4.69, 9.17) is 0 Å². The molecule has 1 aromatic heterocycles. The van der Waals surface area contributed by atoms with Crippen LogP contribution in [0.25, 0.3) is 0 Å². The molecule has 30 heavy (non-hydrogen) atoms. The molecule has 1 unspecified atom stereocenters. The predicted molar refractivity (Wildman–Crippen MR) is 108 cm³/mol. The summed E-state index contributed by atoms with van der Waals surface area (Å²) < 4.78 is 0. The lowest BCUT2D eigenvalue weighted by Gasteiger charge is -2.35. The molecule has 0 radical (unpaired) electrons. The van der Waals surface area contributed by atoms with E-state index in [1.54, 1.807) is 60.6 Å². The first kappa shape index (κ1) is 19.8. The summed E-state index contributed by atoms with van der Waals surface area (Å²) in [6, 6.07) is 8.99. The van der Waals surface area contributed by atoms with E-state index in [0.717, 1.165) is 4.90 Å². The summed E-state index contributed by atoms with van der Waals surface area (Å²) in [5.74, 6) is -1.29. The predicted octanol–water partition coefficient (Wildman–Crippen LogP) is 1.49. The first-order valence-corrected chi connectivity index (χ1v) is 9.94. The normalized spacial score (nSPS) is 17.6.